The molecule has 0 heterocycles. The fourth-order valence-electron chi connectivity index (χ4n) is 3.25. The number of carbonyl (C=O) groups is 2. The molecule has 2 aromatic carbocycles. The number of nitrogens with one attached hydrogen (secondary N) is 2. The van der Waals surface area contributed by atoms with Gasteiger partial charge in [0.2, 0.25) is 0 Å². The molecule has 0 aromatic heterocycles. The van der Waals surface area contributed by atoms with Gasteiger partial charge in [0.25, 0.3) is 11.8 Å². The molecule has 2 N–H and O–H groups in total. The molecule has 0 radical (unpaired) electrons. The fourth-order valence-corrected chi connectivity index (χ4v) is 3.38. The molecule has 0 aliphatic heterocycles. The second-order valence-corrected chi connectivity index (χ2v) is 8.06. The highest BCUT2D eigenvalue weighted by Gasteiger charge is 2.08. The third-order valence-electron chi connectivity index (χ3n) is 5.08. The average molecular weight is 429 g/mol. The minimum atomic E-state index is -0.214. The van der Waals surface area contributed by atoms with E-state index in [2.05, 4.69) is 17.6 Å². The van der Waals surface area contributed by atoms with Crippen LogP contribution in [0.3, 0.4) is 0 Å². The van der Waals surface area contributed by atoms with E-state index in [0.29, 0.717) is 28.4 Å². The van der Waals surface area contributed by atoms with E-state index in [1.807, 2.05) is 0 Å². The lowest BCUT2D eigenvalue weighted by atomic mass is 10.1. The SMILES string of the molecule is CCCCCCCCCCCNC(=O)c1ccc(NC(=O)c2ccc(Cl)cc2)cc1. The zero-order chi connectivity index (χ0) is 21.6. The molecule has 0 atom stereocenters. The van der Waals surface area contributed by atoms with Crippen LogP contribution in [0.25, 0.3) is 0 Å². The molecule has 2 amide bonds. The third kappa shape index (κ3) is 9.00. The molecule has 0 saturated carbocycles. The lowest BCUT2D eigenvalue weighted by molar-refractivity contribution is 0.0952. The van der Waals surface area contributed by atoms with Gasteiger partial charge in [-0.25, -0.2) is 0 Å². The van der Waals surface area contributed by atoms with Crippen LogP contribution in [0.5, 0.6) is 0 Å². The van der Waals surface area contributed by atoms with Crippen molar-refractivity contribution in [3.63, 3.8) is 0 Å². The van der Waals surface area contributed by atoms with Crippen molar-refractivity contribution in [1.82, 2.24) is 5.32 Å². The Labute approximate surface area is 185 Å². The molecule has 30 heavy (non-hydrogen) atoms. The van der Waals surface area contributed by atoms with Crippen LogP contribution >= 0.6 is 11.6 Å². The highest BCUT2D eigenvalue weighted by atomic mass is 35.5. The summed E-state index contributed by atoms with van der Waals surface area (Å²) in [7, 11) is 0. The van der Waals surface area contributed by atoms with Crippen molar-refractivity contribution in [1.29, 1.82) is 0 Å². The van der Waals surface area contributed by atoms with E-state index >= 15 is 0 Å². The molecular formula is C25H33ClN2O2. The molecule has 0 spiro atoms. The van der Waals surface area contributed by atoms with E-state index in [1.165, 1.54) is 44.9 Å². The van der Waals surface area contributed by atoms with Crippen molar-refractivity contribution in [2.75, 3.05) is 11.9 Å². The number of benzene rings is 2. The number of hydrogen-bond acceptors (Lipinski definition) is 2. The predicted molar refractivity (Wildman–Crippen MR) is 125 cm³/mol. The van der Waals surface area contributed by atoms with Crippen LogP contribution < -0.4 is 10.6 Å². The smallest absolute Gasteiger partial charge is 0.255 e. The van der Waals surface area contributed by atoms with Gasteiger partial charge in [-0.3, -0.25) is 9.59 Å². The number of carbonyl (C=O) groups excluding carboxylic acids is 2. The summed E-state index contributed by atoms with van der Waals surface area (Å²) >= 11 is 5.84. The first-order valence-corrected chi connectivity index (χ1v) is 11.4. The maximum absolute atomic E-state index is 12.3. The Morgan fingerprint density at radius 3 is 1.80 bits per heavy atom. The average Bonchev–Trinajstić information content (AvgIpc) is 2.76. The summed E-state index contributed by atoms with van der Waals surface area (Å²) in [4.78, 5) is 24.5. The van der Waals surface area contributed by atoms with E-state index in [9.17, 15) is 9.59 Å². The van der Waals surface area contributed by atoms with Crippen molar-refractivity contribution in [3.8, 4) is 0 Å². The van der Waals surface area contributed by atoms with Gasteiger partial charge in [-0.2, -0.15) is 0 Å². The Morgan fingerprint density at radius 2 is 1.20 bits per heavy atom. The normalized spacial score (nSPS) is 10.6. The molecule has 162 valence electrons. The van der Waals surface area contributed by atoms with Gasteiger partial charge in [0.15, 0.2) is 0 Å². The molecule has 0 aliphatic carbocycles. The fraction of sp³-hybridized carbons (Fsp3) is 0.440. The van der Waals surface area contributed by atoms with Gasteiger partial charge in [0.1, 0.15) is 0 Å². The van der Waals surface area contributed by atoms with Crippen molar-refractivity contribution in [3.05, 3.63) is 64.7 Å². The number of amides is 2. The monoisotopic (exact) mass is 428 g/mol. The van der Waals surface area contributed by atoms with Crippen LogP contribution in [0.4, 0.5) is 5.69 Å². The Balaban J connectivity index is 1.63. The first kappa shape index (κ1) is 23.9. The Kier molecular flexibility index (Phi) is 11.0. The molecule has 0 saturated heterocycles. The molecule has 4 nitrogen and oxygen atoms in total. The lowest BCUT2D eigenvalue weighted by Gasteiger charge is -2.08. The van der Waals surface area contributed by atoms with Crippen molar-refractivity contribution >= 4 is 29.1 Å². The number of unbranched alkanes of at least 4 members (excludes halogenated alkanes) is 8. The minimum absolute atomic E-state index is 0.0786. The number of rotatable bonds is 13. The van der Waals surface area contributed by atoms with Gasteiger partial charge in [-0.15, -0.1) is 0 Å². The number of halogens is 1. The first-order chi connectivity index (χ1) is 14.6. The molecule has 0 aliphatic rings. The second-order valence-electron chi connectivity index (χ2n) is 7.62. The zero-order valence-corrected chi connectivity index (χ0v) is 18.6. The summed E-state index contributed by atoms with van der Waals surface area (Å²) in [6.07, 6.45) is 11.4. The van der Waals surface area contributed by atoms with Crippen LogP contribution in [-0.2, 0) is 0 Å². The van der Waals surface area contributed by atoms with E-state index in [1.54, 1.807) is 48.5 Å². The van der Waals surface area contributed by atoms with Crippen LogP contribution in [0.15, 0.2) is 48.5 Å². The van der Waals surface area contributed by atoms with Gasteiger partial charge in [-0.1, -0.05) is 69.9 Å². The lowest BCUT2D eigenvalue weighted by Crippen LogP contribution is -2.24. The summed E-state index contributed by atoms with van der Waals surface area (Å²) in [6, 6.07) is 13.6. The highest BCUT2D eigenvalue weighted by Crippen LogP contribution is 2.14. The van der Waals surface area contributed by atoms with Gasteiger partial charge in [0.05, 0.1) is 0 Å². The maximum Gasteiger partial charge on any atom is 0.255 e. The Bertz CT molecular complexity index is 773. The molecular weight excluding hydrogens is 396 g/mol. The third-order valence-corrected chi connectivity index (χ3v) is 5.33. The summed E-state index contributed by atoms with van der Waals surface area (Å²) < 4.78 is 0. The first-order valence-electron chi connectivity index (χ1n) is 11.1. The van der Waals surface area contributed by atoms with Crippen molar-refractivity contribution in [2.24, 2.45) is 0 Å². The van der Waals surface area contributed by atoms with E-state index < -0.39 is 0 Å². The van der Waals surface area contributed by atoms with Crippen molar-refractivity contribution < 1.29 is 9.59 Å². The predicted octanol–water partition coefficient (Wildman–Crippen LogP) is 6.85. The van der Waals surface area contributed by atoms with Crippen LogP contribution in [-0.4, -0.2) is 18.4 Å². The van der Waals surface area contributed by atoms with Crippen LogP contribution in [0.1, 0.15) is 85.4 Å². The Hall–Kier alpha value is -2.33. The summed E-state index contributed by atoms with van der Waals surface area (Å²) in [5.74, 6) is -0.292. The maximum atomic E-state index is 12.3. The van der Waals surface area contributed by atoms with Gasteiger partial charge in [0, 0.05) is 28.4 Å². The second kappa shape index (κ2) is 13.8. The van der Waals surface area contributed by atoms with Gasteiger partial charge >= 0.3 is 0 Å². The number of anilines is 1. The van der Waals surface area contributed by atoms with E-state index in [4.69, 9.17) is 11.6 Å². The summed E-state index contributed by atoms with van der Waals surface area (Å²) in [5.41, 5.74) is 1.77. The van der Waals surface area contributed by atoms with Gasteiger partial charge < -0.3 is 10.6 Å². The highest BCUT2D eigenvalue weighted by molar-refractivity contribution is 6.30. The summed E-state index contributed by atoms with van der Waals surface area (Å²) in [5, 5.41) is 6.38. The summed E-state index contributed by atoms with van der Waals surface area (Å²) in [6.45, 7) is 2.94. The Morgan fingerprint density at radius 1 is 0.700 bits per heavy atom. The number of hydrogen-bond donors (Lipinski definition) is 2. The molecule has 0 unspecified atom stereocenters. The molecule has 0 fully saturated rings. The van der Waals surface area contributed by atoms with E-state index in [-0.39, 0.29) is 11.8 Å². The van der Waals surface area contributed by atoms with Crippen molar-refractivity contribution in [2.45, 2.75) is 64.7 Å². The largest absolute Gasteiger partial charge is 0.352 e. The molecule has 0 bridgehead atoms. The standard InChI is InChI=1S/C25H33ClN2O2/c1-2-3-4-5-6-7-8-9-10-19-27-24(29)20-13-17-23(18-14-20)28-25(30)21-11-15-22(26)16-12-21/h11-18H,2-10,19H2,1H3,(H,27,29)(H,28,30). The van der Waals surface area contributed by atoms with Gasteiger partial charge in [-0.05, 0) is 55.0 Å². The molecule has 2 rings (SSSR count). The molecule has 2 aromatic rings. The van der Waals surface area contributed by atoms with Crippen LogP contribution in [0.2, 0.25) is 5.02 Å². The minimum Gasteiger partial charge on any atom is -0.352 e. The molecule has 5 heteroatoms. The topological polar surface area (TPSA) is 58.2 Å². The van der Waals surface area contributed by atoms with Crippen LogP contribution in [0, 0.1) is 0 Å². The zero-order valence-electron chi connectivity index (χ0n) is 17.9. The quantitative estimate of drug-likeness (QED) is 0.342. The van der Waals surface area contributed by atoms with E-state index in [0.717, 1.165) is 12.8 Å².